The Kier molecular flexibility index (Phi) is 4.95. The standard InChI is InChI=1S/C19H20ClNO3/c1-3-23-16-9-13-10-18(22)21-19(12-5-7-14(20)8-6-12)15(13)11-17(16)24-4-2/h5-9,11,19H,3-4,10H2,1-2H3,(H,21,22). The normalized spacial score (nSPS) is 16.3. The van der Waals surface area contributed by atoms with Gasteiger partial charge < -0.3 is 14.8 Å². The molecular weight excluding hydrogens is 326 g/mol. The highest BCUT2D eigenvalue weighted by Crippen LogP contribution is 2.38. The van der Waals surface area contributed by atoms with E-state index in [9.17, 15) is 4.79 Å². The van der Waals surface area contributed by atoms with Gasteiger partial charge in [0.15, 0.2) is 11.5 Å². The predicted molar refractivity (Wildman–Crippen MR) is 93.9 cm³/mol. The first-order valence-electron chi connectivity index (χ1n) is 8.09. The molecular formula is C19H20ClNO3. The lowest BCUT2D eigenvalue weighted by Gasteiger charge is -2.28. The van der Waals surface area contributed by atoms with Gasteiger partial charge in [0, 0.05) is 5.02 Å². The number of nitrogens with one attached hydrogen (secondary N) is 1. The smallest absolute Gasteiger partial charge is 0.225 e. The number of carbonyl (C=O) groups is 1. The molecule has 1 unspecified atom stereocenters. The molecule has 0 spiro atoms. The first-order valence-corrected chi connectivity index (χ1v) is 8.47. The van der Waals surface area contributed by atoms with Gasteiger partial charge in [-0.25, -0.2) is 0 Å². The van der Waals surface area contributed by atoms with Gasteiger partial charge in [0.2, 0.25) is 5.91 Å². The number of halogens is 1. The van der Waals surface area contributed by atoms with E-state index in [4.69, 9.17) is 21.1 Å². The monoisotopic (exact) mass is 345 g/mol. The number of hydrogen-bond donors (Lipinski definition) is 1. The Bertz CT molecular complexity index is 743. The summed E-state index contributed by atoms with van der Waals surface area (Å²) in [6, 6.07) is 11.2. The molecule has 1 N–H and O–H groups in total. The summed E-state index contributed by atoms with van der Waals surface area (Å²) in [5.74, 6) is 1.38. The van der Waals surface area contributed by atoms with Crippen molar-refractivity contribution in [3.63, 3.8) is 0 Å². The van der Waals surface area contributed by atoms with Gasteiger partial charge >= 0.3 is 0 Å². The maximum Gasteiger partial charge on any atom is 0.225 e. The van der Waals surface area contributed by atoms with Gasteiger partial charge in [-0.1, -0.05) is 23.7 Å². The molecule has 24 heavy (non-hydrogen) atoms. The zero-order valence-electron chi connectivity index (χ0n) is 13.8. The summed E-state index contributed by atoms with van der Waals surface area (Å²) >= 11 is 5.98. The molecule has 0 fully saturated rings. The van der Waals surface area contributed by atoms with Gasteiger partial charge in [-0.15, -0.1) is 0 Å². The molecule has 1 amide bonds. The van der Waals surface area contributed by atoms with E-state index in [1.54, 1.807) is 0 Å². The topological polar surface area (TPSA) is 47.6 Å². The Morgan fingerprint density at radius 1 is 1.08 bits per heavy atom. The molecule has 2 aromatic carbocycles. The lowest BCUT2D eigenvalue weighted by Crippen LogP contribution is -2.35. The van der Waals surface area contributed by atoms with Crippen LogP contribution in [0.2, 0.25) is 5.02 Å². The fourth-order valence-electron chi connectivity index (χ4n) is 2.96. The first-order chi connectivity index (χ1) is 11.6. The van der Waals surface area contributed by atoms with Gasteiger partial charge in [-0.05, 0) is 54.8 Å². The number of hydrogen-bond acceptors (Lipinski definition) is 3. The Hall–Kier alpha value is -2.20. The van der Waals surface area contributed by atoms with Crippen molar-refractivity contribution in [3.05, 3.63) is 58.1 Å². The molecule has 2 aromatic rings. The fourth-order valence-corrected chi connectivity index (χ4v) is 3.08. The molecule has 0 bridgehead atoms. The third kappa shape index (κ3) is 3.34. The number of amides is 1. The fraction of sp³-hybridized carbons (Fsp3) is 0.316. The summed E-state index contributed by atoms with van der Waals surface area (Å²) in [6.45, 7) is 4.97. The zero-order valence-corrected chi connectivity index (χ0v) is 14.5. The van der Waals surface area contributed by atoms with Gasteiger partial charge in [0.1, 0.15) is 0 Å². The van der Waals surface area contributed by atoms with E-state index in [-0.39, 0.29) is 11.9 Å². The predicted octanol–water partition coefficient (Wildman–Crippen LogP) is 3.90. The van der Waals surface area contributed by atoms with Crippen LogP contribution in [-0.4, -0.2) is 19.1 Å². The van der Waals surface area contributed by atoms with Crippen LogP contribution in [0.5, 0.6) is 11.5 Å². The second kappa shape index (κ2) is 7.14. The number of benzene rings is 2. The van der Waals surface area contributed by atoms with E-state index in [1.165, 1.54) is 0 Å². The third-order valence-electron chi connectivity index (χ3n) is 3.98. The number of carbonyl (C=O) groups excluding carboxylic acids is 1. The largest absolute Gasteiger partial charge is 0.490 e. The van der Waals surface area contributed by atoms with Crippen LogP contribution in [0.25, 0.3) is 0 Å². The van der Waals surface area contributed by atoms with E-state index < -0.39 is 0 Å². The molecule has 0 aromatic heterocycles. The molecule has 4 nitrogen and oxygen atoms in total. The molecule has 0 saturated heterocycles. The molecule has 1 aliphatic rings. The van der Waals surface area contributed by atoms with E-state index >= 15 is 0 Å². The SMILES string of the molecule is CCOc1cc2c(cc1OCC)C(c1ccc(Cl)cc1)NC(=O)C2. The summed E-state index contributed by atoms with van der Waals surface area (Å²) < 4.78 is 11.4. The van der Waals surface area contributed by atoms with Crippen LogP contribution in [0.15, 0.2) is 36.4 Å². The summed E-state index contributed by atoms with van der Waals surface area (Å²) in [5, 5.41) is 3.72. The molecule has 1 atom stereocenters. The minimum absolute atomic E-state index is 0.00550. The van der Waals surface area contributed by atoms with Crippen LogP contribution in [0, 0.1) is 0 Å². The average Bonchev–Trinajstić information content (AvgIpc) is 2.56. The third-order valence-corrected chi connectivity index (χ3v) is 4.23. The van der Waals surface area contributed by atoms with Crippen LogP contribution in [0.4, 0.5) is 0 Å². The minimum Gasteiger partial charge on any atom is -0.490 e. The van der Waals surface area contributed by atoms with Crippen LogP contribution < -0.4 is 14.8 Å². The highest BCUT2D eigenvalue weighted by Gasteiger charge is 2.28. The Balaban J connectivity index is 2.08. The zero-order chi connectivity index (χ0) is 17.1. The van der Waals surface area contributed by atoms with Crippen LogP contribution in [0.3, 0.4) is 0 Å². The molecule has 0 saturated carbocycles. The first kappa shape index (κ1) is 16.7. The molecule has 1 aliphatic heterocycles. The molecule has 0 radical (unpaired) electrons. The Morgan fingerprint density at radius 3 is 2.33 bits per heavy atom. The van der Waals surface area contributed by atoms with Crippen molar-refractivity contribution < 1.29 is 14.3 Å². The van der Waals surface area contributed by atoms with E-state index in [0.717, 1.165) is 16.7 Å². The second-order valence-electron chi connectivity index (χ2n) is 5.59. The summed E-state index contributed by atoms with van der Waals surface area (Å²) in [4.78, 5) is 12.1. The van der Waals surface area contributed by atoms with Crippen molar-refractivity contribution in [2.24, 2.45) is 0 Å². The highest BCUT2D eigenvalue weighted by atomic mass is 35.5. The average molecular weight is 346 g/mol. The van der Waals surface area contributed by atoms with Gasteiger partial charge in [-0.3, -0.25) is 4.79 Å². The van der Waals surface area contributed by atoms with Crippen molar-refractivity contribution in [2.75, 3.05) is 13.2 Å². The lowest BCUT2D eigenvalue weighted by atomic mass is 9.89. The maximum atomic E-state index is 12.1. The Labute approximate surface area is 146 Å². The van der Waals surface area contributed by atoms with Gasteiger partial charge in [-0.2, -0.15) is 0 Å². The van der Waals surface area contributed by atoms with Crippen molar-refractivity contribution in [3.8, 4) is 11.5 Å². The van der Waals surface area contributed by atoms with Crippen molar-refractivity contribution >= 4 is 17.5 Å². The van der Waals surface area contributed by atoms with E-state index in [2.05, 4.69) is 5.32 Å². The summed E-state index contributed by atoms with van der Waals surface area (Å²) in [6.07, 6.45) is 0.339. The lowest BCUT2D eigenvalue weighted by molar-refractivity contribution is -0.121. The van der Waals surface area contributed by atoms with Crippen LogP contribution >= 0.6 is 11.6 Å². The van der Waals surface area contributed by atoms with Gasteiger partial charge in [0.25, 0.3) is 0 Å². The second-order valence-corrected chi connectivity index (χ2v) is 6.03. The molecule has 1 heterocycles. The van der Waals surface area contributed by atoms with E-state index in [0.29, 0.717) is 36.2 Å². The van der Waals surface area contributed by atoms with Crippen LogP contribution in [-0.2, 0) is 11.2 Å². The molecule has 126 valence electrons. The Morgan fingerprint density at radius 2 is 1.71 bits per heavy atom. The quantitative estimate of drug-likeness (QED) is 0.894. The van der Waals surface area contributed by atoms with Crippen molar-refractivity contribution in [1.82, 2.24) is 5.32 Å². The minimum atomic E-state index is -0.214. The molecule has 3 rings (SSSR count). The summed E-state index contributed by atoms with van der Waals surface area (Å²) in [5.41, 5.74) is 2.98. The molecule has 5 heteroatoms. The van der Waals surface area contributed by atoms with Crippen molar-refractivity contribution in [1.29, 1.82) is 0 Å². The van der Waals surface area contributed by atoms with E-state index in [1.807, 2.05) is 50.2 Å². The number of rotatable bonds is 5. The summed E-state index contributed by atoms with van der Waals surface area (Å²) in [7, 11) is 0. The van der Waals surface area contributed by atoms with Crippen molar-refractivity contribution in [2.45, 2.75) is 26.3 Å². The molecule has 0 aliphatic carbocycles. The van der Waals surface area contributed by atoms with Crippen LogP contribution in [0.1, 0.15) is 36.6 Å². The number of ether oxygens (including phenoxy) is 2. The van der Waals surface area contributed by atoms with Gasteiger partial charge in [0.05, 0.1) is 25.7 Å². The highest BCUT2D eigenvalue weighted by molar-refractivity contribution is 6.30. The number of fused-ring (bicyclic) bond motifs is 1. The maximum absolute atomic E-state index is 12.1.